The molecular weight excluding hydrogens is 242 g/mol. The number of aliphatic hydroxyl groups excluding tert-OH is 2. The van der Waals surface area contributed by atoms with Crippen molar-refractivity contribution >= 4 is 65.8 Å². The molecule has 6 nitrogen and oxygen atoms in total. The molecule has 0 saturated carbocycles. The van der Waals surface area contributed by atoms with Crippen molar-refractivity contribution in [2.24, 2.45) is 0 Å². The van der Waals surface area contributed by atoms with Gasteiger partial charge in [0.1, 0.15) is 0 Å². The maximum atomic E-state index is 9.77. The van der Waals surface area contributed by atoms with E-state index < -0.39 is 24.1 Å². The van der Waals surface area contributed by atoms with Gasteiger partial charge in [-0.1, -0.05) is 0 Å². The molecule has 0 bridgehead atoms. The average molecular weight is 254 g/mol. The van der Waals surface area contributed by atoms with E-state index in [2.05, 4.69) is 0 Å². The molecule has 12 heavy (non-hydrogen) atoms. The molecule has 0 spiro atoms. The van der Waals surface area contributed by atoms with Crippen LogP contribution in [0.4, 0.5) is 0 Å². The van der Waals surface area contributed by atoms with Gasteiger partial charge in [-0.15, -0.1) is 0 Å². The Balaban J connectivity index is -0.000000405. The number of hydrogen-bond donors (Lipinski definition) is 4. The summed E-state index contributed by atoms with van der Waals surface area (Å²) in [6.07, 6.45) is -4.53. The maximum absolute atomic E-state index is 9.77. The van der Waals surface area contributed by atoms with E-state index in [1.54, 1.807) is 0 Å². The summed E-state index contributed by atoms with van der Waals surface area (Å²) >= 11 is 0. The Morgan fingerprint density at radius 2 is 1.08 bits per heavy atom. The quantitative estimate of drug-likeness (QED) is 0.379. The van der Waals surface area contributed by atoms with E-state index in [0.29, 0.717) is 0 Å². The fraction of sp³-hybridized carbons (Fsp3) is 0.500. The predicted octanol–water partition coefficient (Wildman–Crippen LogP) is -4.22. The van der Waals surface area contributed by atoms with E-state index in [9.17, 15) is 9.59 Å². The van der Waals surface area contributed by atoms with E-state index in [1.807, 2.05) is 0 Å². The van der Waals surface area contributed by atoms with Gasteiger partial charge < -0.3 is 20.4 Å². The summed E-state index contributed by atoms with van der Waals surface area (Å²) in [6.45, 7) is 0. The van der Waals surface area contributed by atoms with Crippen molar-refractivity contribution < 1.29 is 30.0 Å². The van der Waals surface area contributed by atoms with Gasteiger partial charge in [0.15, 0.2) is 12.2 Å². The Hall–Kier alpha value is 0.405. The molecule has 0 aromatic heterocycles. The van der Waals surface area contributed by atoms with Crippen molar-refractivity contribution in [2.45, 2.75) is 12.2 Å². The van der Waals surface area contributed by atoms with Gasteiger partial charge in [0.05, 0.1) is 8.41 Å². The van der Waals surface area contributed by atoms with Crippen LogP contribution in [0.1, 0.15) is 0 Å². The molecule has 4 N–H and O–H groups in total. The summed E-state index contributed by atoms with van der Waals surface area (Å²) in [4.78, 5) is 19.5. The number of hydrogen-bond acceptors (Lipinski definition) is 4. The number of carbonyl (C=O) groups is 2. The van der Waals surface area contributed by atoms with Gasteiger partial charge in [-0.3, -0.25) is 0 Å². The van der Waals surface area contributed by atoms with Gasteiger partial charge >= 0.3 is 57.4 Å². The molecule has 2 unspecified atom stereocenters. The predicted molar refractivity (Wildman–Crippen MR) is 45.8 cm³/mol. The number of aliphatic hydroxyl groups is 2. The van der Waals surface area contributed by atoms with Crippen LogP contribution >= 0.6 is 0 Å². The van der Waals surface area contributed by atoms with Gasteiger partial charge in [-0.05, 0) is 0 Å². The van der Waals surface area contributed by atoms with E-state index >= 15 is 0 Å². The second kappa shape index (κ2) is 8.02. The third kappa shape index (κ3) is 5.98. The molecule has 0 rings (SSSR count). The topological polar surface area (TPSA) is 115 Å². The number of carboxylic acids is 2. The summed E-state index contributed by atoms with van der Waals surface area (Å²) in [7, 11) is 0. The first-order valence-corrected chi connectivity index (χ1v) is 2.28. The second-order valence-electron chi connectivity index (χ2n) is 1.57. The zero-order valence-corrected chi connectivity index (χ0v) is 4.76. The Kier molecular flexibility index (Phi) is 12.2. The molecule has 0 fully saturated rings. The molecule has 0 aliphatic heterocycles. The zero-order valence-electron chi connectivity index (χ0n) is 4.76. The van der Waals surface area contributed by atoms with Crippen LogP contribution in [-0.2, 0) is 9.59 Å². The summed E-state index contributed by atoms with van der Waals surface area (Å²) in [5.41, 5.74) is 0. The molecule has 0 heterocycles. The van der Waals surface area contributed by atoms with Gasteiger partial charge in [0.2, 0.25) is 0 Å². The number of carboxylic acid groups (broad SMARTS) is 2. The van der Waals surface area contributed by atoms with Crippen LogP contribution in [0.2, 0.25) is 0 Å². The van der Waals surface area contributed by atoms with Crippen LogP contribution in [-0.4, -0.2) is 98.5 Å². The van der Waals surface area contributed by atoms with Crippen molar-refractivity contribution in [3.8, 4) is 0 Å². The SMILES string of the molecule is B.O=C(O)C(O)C(O)C(=O)O.[SrH2]. The Bertz CT molecular complexity index is 144. The van der Waals surface area contributed by atoms with Crippen LogP contribution in [0.25, 0.3) is 0 Å². The van der Waals surface area contributed by atoms with Gasteiger partial charge in [-0.25, -0.2) is 9.59 Å². The summed E-state index contributed by atoms with van der Waals surface area (Å²) in [6, 6.07) is 0. The Morgan fingerprint density at radius 1 is 0.917 bits per heavy atom. The van der Waals surface area contributed by atoms with Crippen LogP contribution in [0.5, 0.6) is 0 Å². The van der Waals surface area contributed by atoms with Crippen LogP contribution in [0.15, 0.2) is 0 Å². The van der Waals surface area contributed by atoms with E-state index in [-0.39, 0.29) is 53.9 Å². The molecule has 0 aromatic rings. The monoisotopic (exact) mass is 254 g/mol. The third-order valence-electron chi connectivity index (χ3n) is 0.805. The molecule has 2 atom stereocenters. The van der Waals surface area contributed by atoms with E-state index in [0.717, 1.165) is 0 Å². The second-order valence-corrected chi connectivity index (χ2v) is 1.57. The first kappa shape index (κ1) is 18.2. The minimum atomic E-state index is -2.27. The standard InChI is InChI=1S/C4H6O6.BH3.Sr.2H/c5-1(3(7)8)2(6)4(9)10;;;;/h1-2,5-6H,(H,7,8)(H,9,10);1H3;;;. The van der Waals surface area contributed by atoms with Crippen LogP contribution in [0, 0.1) is 0 Å². The molecule has 0 aliphatic carbocycles. The molecule has 0 aromatic carbocycles. The van der Waals surface area contributed by atoms with Crippen molar-refractivity contribution in [2.75, 3.05) is 0 Å². The van der Waals surface area contributed by atoms with E-state index in [1.165, 1.54) is 0 Å². The van der Waals surface area contributed by atoms with E-state index in [4.69, 9.17) is 20.4 Å². The van der Waals surface area contributed by atoms with Gasteiger partial charge in [0, 0.05) is 0 Å². The minimum absolute atomic E-state index is 0. The molecule has 8 heteroatoms. The fourth-order valence-corrected chi connectivity index (χ4v) is 0.270. The first-order valence-electron chi connectivity index (χ1n) is 2.28. The molecular formula is C4H11BO6Sr. The first-order chi connectivity index (χ1) is 4.46. The molecule has 0 saturated heterocycles. The zero-order chi connectivity index (χ0) is 8.31. The van der Waals surface area contributed by atoms with Gasteiger partial charge in [0.25, 0.3) is 0 Å². The van der Waals surface area contributed by atoms with Crippen molar-refractivity contribution in [1.82, 2.24) is 0 Å². The van der Waals surface area contributed by atoms with Crippen LogP contribution in [0.3, 0.4) is 0 Å². The normalized spacial score (nSPS) is 13.2. The number of rotatable bonds is 3. The van der Waals surface area contributed by atoms with Crippen molar-refractivity contribution in [3.05, 3.63) is 0 Å². The Labute approximate surface area is 107 Å². The average Bonchev–Trinajstić information content (AvgIpc) is 1.84. The number of aliphatic carboxylic acids is 2. The summed E-state index contributed by atoms with van der Waals surface area (Å²) in [5, 5.41) is 32.5. The van der Waals surface area contributed by atoms with Crippen LogP contribution < -0.4 is 0 Å². The van der Waals surface area contributed by atoms with Crippen molar-refractivity contribution in [3.63, 3.8) is 0 Å². The third-order valence-corrected chi connectivity index (χ3v) is 0.805. The molecule has 0 radical (unpaired) electrons. The summed E-state index contributed by atoms with van der Waals surface area (Å²) < 4.78 is 0. The summed E-state index contributed by atoms with van der Waals surface area (Å²) in [5.74, 6) is -3.54. The van der Waals surface area contributed by atoms with Gasteiger partial charge in [-0.2, -0.15) is 0 Å². The fourth-order valence-electron chi connectivity index (χ4n) is 0.270. The molecule has 68 valence electrons. The molecule has 0 amide bonds. The Morgan fingerprint density at radius 3 is 1.17 bits per heavy atom. The van der Waals surface area contributed by atoms with Crippen molar-refractivity contribution in [1.29, 1.82) is 0 Å². The molecule has 0 aliphatic rings.